The van der Waals surface area contributed by atoms with E-state index in [4.69, 9.17) is 4.74 Å². The van der Waals surface area contributed by atoms with Gasteiger partial charge in [-0.3, -0.25) is 4.90 Å². The molecule has 2 fully saturated rings. The van der Waals surface area contributed by atoms with Crippen molar-refractivity contribution in [2.24, 2.45) is 5.41 Å². The van der Waals surface area contributed by atoms with E-state index in [1.165, 1.54) is 0 Å². The van der Waals surface area contributed by atoms with Gasteiger partial charge in [-0.2, -0.15) is 0 Å². The van der Waals surface area contributed by atoms with Crippen LogP contribution in [0.1, 0.15) is 26.2 Å². The molecule has 16 heavy (non-hydrogen) atoms. The van der Waals surface area contributed by atoms with Gasteiger partial charge in [-0.1, -0.05) is 0 Å². The molecule has 4 heteroatoms. The predicted molar refractivity (Wildman–Crippen MR) is 60.2 cm³/mol. The van der Waals surface area contributed by atoms with E-state index in [0.29, 0.717) is 19.8 Å². The predicted octanol–water partition coefficient (Wildman–Crippen LogP) is 0.439. The van der Waals surface area contributed by atoms with Gasteiger partial charge < -0.3 is 14.6 Å². The van der Waals surface area contributed by atoms with E-state index < -0.39 is 5.60 Å². The molecule has 2 heterocycles. The van der Waals surface area contributed by atoms with E-state index in [2.05, 4.69) is 4.90 Å². The third kappa shape index (κ3) is 2.62. The molecule has 0 saturated carbocycles. The second kappa shape index (κ2) is 4.43. The zero-order valence-corrected chi connectivity index (χ0v) is 9.95. The average Bonchev–Trinajstić information content (AvgIpc) is 2.65. The molecule has 2 unspecified atom stereocenters. The summed E-state index contributed by atoms with van der Waals surface area (Å²) < 4.78 is 5.32. The number of aldehydes is 1. The summed E-state index contributed by atoms with van der Waals surface area (Å²) in [5, 5.41) is 10.0. The van der Waals surface area contributed by atoms with Crippen molar-refractivity contribution in [2.45, 2.75) is 31.8 Å². The van der Waals surface area contributed by atoms with Gasteiger partial charge in [0.1, 0.15) is 6.29 Å². The minimum atomic E-state index is -0.595. The summed E-state index contributed by atoms with van der Waals surface area (Å²) in [5.74, 6) is 0. The lowest BCUT2D eigenvalue weighted by atomic mass is 9.86. The van der Waals surface area contributed by atoms with Crippen molar-refractivity contribution in [2.75, 3.05) is 32.8 Å². The monoisotopic (exact) mass is 227 g/mol. The van der Waals surface area contributed by atoms with Gasteiger partial charge in [0.25, 0.3) is 0 Å². The third-order valence-corrected chi connectivity index (χ3v) is 3.68. The molecule has 2 aliphatic heterocycles. The number of β-amino-alcohol motifs (C(OH)–C–C–N with tert-alkyl or cyclic N) is 1. The van der Waals surface area contributed by atoms with Crippen LogP contribution >= 0.6 is 0 Å². The Hall–Kier alpha value is -0.450. The van der Waals surface area contributed by atoms with E-state index in [-0.39, 0.29) is 5.41 Å². The number of aliphatic hydroxyl groups is 1. The highest BCUT2D eigenvalue weighted by molar-refractivity contribution is 5.60. The molecule has 0 bridgehead atoms. The SMILES string of the molecule is CC1(O)CCCN(CC2(C=O)CCOC2)C1. The molecule has 92 valence electrons. The van der Waals surface area contributed by atoms with Crippen LogP contribution in [-0.4, -0.2) is 54.7 Å². The number of hydrogen-bond acceptors (Lipinski definition) is 4. The maximum Gasteiger partial charge on any atom is 0.129 e. The van der Waals surface area contributed by atoms with E-state index in [1.54, 1.807) is 0 Å². The van der Waals surface area contributed by atoms with Crippen LogP contribution in [0, 0.1) is 5.41 Å². The van der Waals surface area contributed by atoms with Gasteiger partial charge in [0.05, 0.1) is 17.6 Å². The molecular weight excluding hydrogens is 206 g/mol. The molecule has 2 rings (SSSR count). The largest absolute Gasteiger partial charge is 0.389 e. The molecule has 0 aliphatic carbocycles. The molecule has 0 aromatic rings. The molecule has 0 aromatic heterocycles. The van der Waals surface area contributed by atoms with E-state index >= 15 is 0 Å². The lowest BCUT2D eigenvalue weighted by molar-refractivity contribution is -0.118. The van der Waals surface area contributed by atoms with Crippen molar-refractivity contribution in [1.82, 2.24) is 4.90 Å². The second-order valence-electron chi connectivity index (χ2n) is 5.59. The zero-order chi connectivity index (χ0) is 11.6. The number of ether oxygens (including phenoxy) is 1. The Kier molecular flexibility index (Phi) is 3.33. The molecule has 2 aliphatic rings. The molecule has 0 aromatic carbocycles. The van der Waals surface area contributed by atoms with Crippen LogP contribution < -0.4 is 0 Å². The smallest absolute Gasteiger partial charge is 0.129 e. The van der Waals surface area contributed by atoms with Crippen LogP contribution in [-0.2, 0) is 9.53 Å². The highest BCUT2D eigenvalue weighted by Gasteiger charge is 2.39. The Morgan fingerprint density at radius 2 is 2.31 bits per heavy atom. The molecule has 1 N–H and O–H groups in total. The molecule has 4 nitrogen and oxygen atoms in total. The standard InChI is InChI=1S/C12H21NO3/c1-11(15)3-2-5-13(7-11)8-12(9-14)4-6-16-10-12/h9,15H,2-8,10H2,1H3. The van der Waals surface area contributed by atoms with E-state index in [1.807, 2.05) is 6.92 Å². The van der Waals surface area contributed by atoms with E-state index in [9.17, 15) is 9.90 Å². The summed E-state index contributed by atoms with van der Waals surface area (Å²) in [4.78, 5) is 13.4. The molecule has 0 spiro atoms. The number of piperidine rings is 1. The van der Waals surface area contributed by atoms with Crippen LogP contribution in [0.4, 0.5) is 0 Å². The lowest BCUT2D eigenvalue weighted by Gasteiger charge is -2.39. The van der Waals surface area contributed by atoms with Crippen molar-refractivity contribution in [3.8, 4) is 0 Å². The number of carbonyl (C=O) groups is 1. The highest BCUT2D eigenvalue weighted by Crippen LogP contribution is 2.30. The summed E-state index contributed by atoms with van der Waals surface area (Å²) in [6.45, 7) is 5.47. The first-order chi connectivity index (χ1) is 7.55. The fraction of sp³-hybridized carbons (Fsp3) is 0.917. The summed E-state index contributed by atoms with van der Waals surface area (Å²) >= 11 is 0. The molecular formula is C12H21NO3. The number of rotatable bonds is 3. The van der Waals surface area contributed by atoms with Crippen molar-refractivity contribution in [3.63, 3.8) is 0 Å². The van der Waals surface area contributed by atoms with Crippen molar-refractivity contribution in [1.29, 1.82) is 0 Å². The first-order valence-corrected chi connectivity index (χ1v) is 6.04. The zero-order valence-electron chi connectivity index (χ0n) is 9.95. The van der Waals surface area contributed by atoms with Crippen molar-refractivity contribution in [3.05, 3.63) is 0 Å². The van der Waals surface area contributed by atoms with Crippen LogP contribution in [0.5, 0.6) is 0 Å². The summed E-state index contributed by atoms with van der Waals surface area (Å²) in [6, 6.07) is 0. The molecule has 2 saturated heterocycles. The Morgan fingerprint density at radius 1 is 1.50 bits per heavy atom. The van der Waals surface area contributed by atoms with Crippen molar-refractivity contribution >= 4 is 6.29 Å². The number of carbonyl (C=O) groups excluding carboxylic acids is 1. The molecule has 0 amide bonds. The minimum Gasteiger partial charge on any atom is -0.389 e. The average molecular weight is 227 g/mol. The summed E-state index contributed by atoms with van der Waals surface area (Å²) in [6.07, 6.45) is 3.72. The number of hydrogen-bond donors (Lipinski definition) is 1. The van der Waals surface area contributed by atoms with Gasteiger partial charge >= 0.3 is 0 Å². The van der Waals surface area contributed by atoms with Crippen LogP contribution in [0.3, 0.4) is 0 Å². The Bertz CT molecular complexity index is 259. The van der Waals surface area contributed by atoms with Crippen LogP contribution in [0.2, 0.25) is 0 Å². The van der Waals surface area contributed by atoms with Crippen LogP contribution in [0.25, 0.3) is 0 Å². The summed E-state index contributed by atoms with van der Waals surface area (Å²) in [7, 11) is 0. The normalized spacial score (nSPS) is 41.1. The first-order valence-electron chi connectivity index (χ1n) is 6.04. The second-order valence-corrected chi connectivity index (χ2v) is 5.59. The Morgan fingerprint density at radius 3 is 2.88 bits per heavy atom. The first kappa shape index (κ1) is 12.0. The quantitative estimate of drug-likeness (QED) is 0.711. The maximum absolute atomic E-state index is 11.2. The topological polar surface area (TPSA) is 49.8 Å². The number of likely N-dealkylation sites (tertiary alicyclic amines) is 1. The van der Waals surface area contributed by atoms with Gasteiger partial charge in [0, 0.05) is 19.7 Å². The maximum atomic E-state index is 11.2. The van der Waals surface area contributed by atoms with Gasteiger partial charge in [-0.05, 0) is 32.7 Å². The fourth-order valence-corrected chi connectivity index (χ4v) is 2.78. The van der Waals surface area contributed by atoms with E-state index in [0.717, 1.165) is 38.6 Å². The van der Waals surface area contributed by atoms with Gasteiger partial charge in [-0.25, -0.2) is 0 Å². The molecule has 0 radical (unpaired) electrons. The van der Waals surface area contributed by atoms with Crippen LogP contribution in [0.15, 0.2) is 0 Å². The Balaban J connectivity index is 1.95. The van der Waals surface area contributed by atoms with Gasteiger partial charge in [-0.15, -0.1) is 0 Å². The fourth-order valence-electron chi connectivity index (χ4n) is 2.78. The number of nitrogens with zero attached hydrogens (tertiary/aromatic N) is 1. The van der Waals surface area contributed by atoms with Gasteiger partial charge in [0.15, 0.2) is 0 Å². The van der Waals surface area contributed by atoms with Crippen molar-refractivity contribution < 1.29 is 14.6 Å². The third-order valence-electron chi connectivity index (χ3n) is 3.68. The molecule has 2 atom stereocenters. The Labute approximate surface area is 96.6 Å². The highest BCUT2D eigenvalue weighted by atomic mass is 16.5. The minimum absolute atomic E-state index is 0.326. The summed E-state index contributed by atoms with van der Waals surface area (Å²) in [5.41, 5.74) is -0.921. The lowest BCUT2D eigenvalue weighted by Crippen LogP contribution is -2.50. The van der Waals surface area contributed by atoms with Gasteiger partial charge in [0.2, 0.25) is 0 Å².